The van der Waals surface area contributed by atoms with Crippen LogP contribution in [0.5, 0.6) is 11.8 Å². The number of aryl methyl sites for hydroxylation is 1. The number of fused-ring (bicyclic) bond motifs is 4. The van der Waals surface area contributed by atoms with Crippen molar-refractivity contribution < 1.29 is 14.6 Å². The zero-order chi connectivity index (χ0) is 28.3. The van der Waals surface area contributed by atoms with Gasteiger partial charge in [-0.25, -0.2) is 0 Å². The van der Waals surface area contributed by atoms with Crippen LogP contribution < -0.4 is 15.0 Å². The Labute approximate surface area is 245 Å². The molecule has 8 rings (SSSR count). The van der Waals surface area contributed by atoms with Gasteiger partial charge in [0.15, 0.2) is 5.82 Å². The molecule has 4 aromatic rings. The molecule has 4 fully saturated rings. The molecule has 2 N–H and O–H groups in total. The third kappa shape index (κ3) is 4.93. The smallest absolute Gasteiger partial charge is 0.319 e. The lowest BCUT2D eigenvalue weighted by atomic mass is 9.95. The first-order valence-corrected chi connectivity index (χ1v) is 15.4. The molecule has 9 nitrogen and oxygen atoms in total. The number of hydrogen-bond acceptors (Lipinski definition) is 9. The second kappa shape index (κ2) is 10.3. The van der Waals surface area contributed by atoms with Gasteiger partial charge in [-0.3, -0.25) is 9.88 Å². The molecule has 5 heterocycles. The van der Waals surface area contributed by atoms with E-state index >= 15 is 0 Å². The molecule has 2 atom stereocenters. The second-order valence-corrected chi connectivity index (χ2v) is 12.8. The first kappa shape index (κ1) is 26.1. The van der Waals surface area contributed by atoms with Crippen LogP contribution in [0.3, 0.4) is 0 Å². The van der Waals surface area contributed by atoms with E-state index < -0.39 is 0 Å². The highest BCUT2D eigenvalue weighted by molar-refractivity contribution is 6.01. The molecule has 218 valence electrons. The SMILES string of the molecule is Cc1cccc2cc(O)cc(-c3cnc4c(N5CC6CCC(C5)N6)nc(OCC5(CN6CCOCC6)CC5)nc4c3)c12. The maximum atomic E-state index is 10.6. The van der Waals surface area contributed by atoms with Crippen molar-refractivity contribution in [3.05, 3.63) is 48.2 Å². The summed E-state index contributed by atoms with van der Waals surface area (Å²) in [5.74, 6) is 1.09. The van der Waals surface area contributed by atoms with Crippen LogP contribution in [0.25, 0.3) is 32.9 Å². The van der Waals surface area contributed by atoms with Gasteiger partial charge in [0, 0.05) is 62.0 Å². The topological polar surface area (TPSA) is 95.9 Å². The van der Waals surface area contributed by atoms with Gasteiger partial charge in [0.1, 0.15) is 11.3 Å². The van der Waals surface area contributed by atoms with E-state index in [1.54, 1.807) is 0 Å². The normalized spacial score (nSPS) is 23.5. The molecule has 9 heteroatoms. The lowest BCUT2D eigenvalue weighted by Gasteiger charge is -2.34. The van der Waals surface area contributed by atoms with Crippen molar-refractivity contribution in [2.45, 2.75) is 44.7 Å². The number of anilines is 1. The zero-order valence-electron chi connectivity index (χ0n) is 24.2. The number of benzene rings is 2. The molecule has 1 saturated carbocycles. The van der Waals surface area contributed by atoms with Crippen molar-refractivity contribution in [2.75, 3.05) is 57.4 Å². The van der Waals surface area contributed by atoms with Gasteiger partial charge in [-0.1, -0.05) is 18.2 Å². The summed E-state index contributed by atoms with van der Waals surface area (Å²) >= 11 is 0. The van der Waals surface area contributed by atoms with Crippen LogP contribution in [-0.4, -0.2) is 89.6 Å². The summed E-state index contributed by atoms with van der Waals surface area (Å²) in [5, 5.41) is 16.4. The summed E-state index contributed by atoms with van der Waals surface area (Å²) < 4.78 is 12.0. The van der Waals surface area contributed by atoms with Gasteiger partial charge in [-0.15, -0.1) is 0 Å². The van der Waals surface area contributed by atoms with E-state index in [-0.39, 0.29) is 11.2 Å². The molecule has 3 aliphatic heterocycles. The molecule has 1 aliphatic carbocycles. The third-order valence-electron chi connectivity index (χ3n) is 9.62. The van der Waals surface area contributed by atoms with Gasteiger partial charge in [0.2, 0.25) is 0 Å². The van der Waals surface area contributed by atoms with E-state index in [2.05, 4.69) is 34.2 Å². The highest BCUT2D eigenvalue weighted by atomic mass is 16.5. The van der Waals surface area contributed by atoms with Crippen molar-refractivity contribution >= 4 is 27.6 Å². The number of phenolic OH excluding ortho intramolecular Hbond substituents is 1. The molecular weight excluding hydrogens is 528 g/mol. The number of aromatic hydroxyl groups is 1. The van der Waals surface area contributed by atoms with Crippen molar-refractivity contribution in [1.82, 2.24) is 25.2 Å². The molecular formula is C33H38N6O3. The van der Waals surface area contributed by atoms with E-state index in [4.69, 9.17) is 24.4 Å². The fourth-order valence-corrected chi connectivity index (χ4v) is 7.19. The lowest BCUT2D eigenvalue weighted by Crippen LogP contribution is -2.51. The molecule has 2 unspecified atom stereocenters. The van der Waals surface area contributed by atoms with Crippen molar-refractivity contribution in [1.29, 1.82) is 0 Å². The maximum Gasteiger partial charge on any atom is 0.319 e. The van der Waals surface area contributed by atoms with Crippen LogP contribution in [0.1, 0.15) is 31.2 Å². The van der Waals surface area contributed by atoms with Gasteiger partial charge in [-0.05, 0) is 72.7 Å². The molecule has 0 spiro atoms. The van der Waals surface area contributed by atoms with Gasteiger partial charge in [0.05, 0.1) is 25.3 Å². The number of pyridine rings is 1. The van der Waals surface area contributed by atoms with Crippen LogP contribution in [0.2, 0.25) is 0 Å². The van der Waals surface area contributed by atoms with E-state index in [9.17, 15) is 5.11 Å². The number of rotatable bonds is 7. The first-order chi connectivity index (χ1) is 20.5. The second-order valence-electron chi connectivity index (χ2n) is 12.8. The minimum atomic E-state index is 0.169. The van der Waals surface area contributed by atoms with Gasteiger partial charge >= 0.3 is 6.01 Å². The molecule has 0 radical (unpaired) electrons. The number of nitrogens with zero attached hydrogens (tertiary/aromatic N) is 5. The number of aromatic nitrogens is 3. The van der Waals surface area contributed by atoms with Crippen LogP contribution in [0.15, 0.2) is 42.6 Å². The van der Waals surface area contributed by atoms with Crippen LogP contribution in [0.4, 0.5) is 5.82 Å². The van der Waals surface area contributed by atoms with Gasteiger partial charge in [0.25, 0.3) is 0 Å². The monoisotopic (exact) mass is 566 g/mol. The lowest BCUT2D eigenvalue weighted by molar-refractivity contribution is 0.0231. The summed E-state index contributed by atoms with van der Waals surface area (Å²) in [6.07, 6.45) is 6.62. The maximum absolute atomic E-state index is 10.6. The Bertz CT molecular complexity index is 1640. The minimum Gasteiger partial charge on any atom is -0.508 e. The Kier molecular flexibility index (Phi) is 6.42. The molecule has 3 saturated heterocycles. The van der Waals surface area contributed by atoms with E-state index in [0.717, 1.165) is 90.3 Å². The summed E-state index contributed by atoms with van der Waals surface area (Å²) in [5.41, 5.74) is 4.75. The quantitative estimate of drug-likeness (QED) is 0.340. The summed E-state index contributed by atoms with van der Waals surface area (Å²) in [6, 6.07) is 13.3. The van der Waals surface area contributed by atoms with Crippen LogP contribution in [-0.2, 0) is 4.74 Å². The van der Waals surface area contributed by atoms with Gasteiger partial charge < -0.3 is 24.8 Å². The molecule has 2 aromatic carbocycles. The third-order valence-corrected chi connectivity index (χ3v) is 9.62. The first-order valence-electron chi connectivity index (χ1n) is 15.4. The number of hydrogen-bond donors (Lipinski definition) is 2. The Morgan fingerprint density at radius 2 is 1.88 bits per heavy atom. The van der Waals surface area contributed by atoms with Crippen molar-refractivity contribution in [2.24, 2.45) is 5.41 Å². The Morgan fingerprint density at radius 1 is 1.07 bits per heavy atom. The van der Waals surface area contributed by atoms with E-state index in [0.29, 0.717) is 24.7 Å². The fourth-order valence-electron chi connectivity index (χ4n) is 7.19. The summed E-state index contributed by atoms with van der Waals surface area (Å²) in [6.45, 7) is 9.16. The molecule has 2 aromatic heterocycles. The molecule has 0 amide bonds. The van der Waals surface area contributed by atoms with Crippen molar-refractivity contribution in [3.8, 4) is 22.9 Å². The number of piperazine rings is 1. The minimum absolute atomic E-state index is 0.169. The summed E-state index contributed by atoms with van der Waals surface area (Å²) in [7, 11) is 0. The van der Waals surface area contributed by atoms with E-state index in [1.165, 1.54) is 25.7 Å². The highest BCUT2D eigenvalue weighted by Crippen LogP contribution is 2.47. The highest BCUT2D eigenvalue weighted by Gasteiger charge is 2.45. The molecule has 2 bridgehead atoms. The number of nitrogens with one attached hydrogen (secondary N) is 1. The fraction of sp³-hybridized carbons (Fsp3) is 0.485. The Morgan fingerprint density at radius 3 is 2.67 bits per heavy atom. The standard InChI is InChI=1S/C33H38N6O3/c1-21-3-2-4-22-13-26(40)15-27(29(21)22)23-14-28-30(34-16-23)31(39-17-24-5-6-25(18-39)35-24)37-32(36-28)42-20-33(7-8-33)19-38-9-11-41-12-10-38/h2-4,13-16,24-25,35,40H,5-12,17-20H2,1H3. The van der Waals surface area contributed by atoms with Gasteiger partial charge in [-0.2, -0.15) is 9.97 Å². The number of ether oxygens (including phenoxy) is 2. The number of phenols is 1. The summed E-state index contributed by atoms with van der Waals surface area (Å²) in [4.78, 5) is 19.8. The molecule has 4 aliphatic rings. The van der Waals surface area contributed by atoms with E-state index in [1.807, 2.05) is 30.5 Å². The predicted octanol–water partition coefficient (Wildman–Crippen LogP) is 4.29. The van der Waals surface area contributed by atoms with Crippen molar-refractivity contribution in [3.63, 3.8) is 0 Å². The van der Waals surface area contributed by atoms with Crippen LogP contribution in [0, 0.1) is 12.3 Å². The van der Waals surface area contributed by atoms with Crippen LogP contribution >= 0.6 is 0 Å². The average molecular weight is 567 g/mol. The largest absolute Gasteiger partial charge is 0.508 e. The molecule has 42 heavy (non-hydrogen) atoms. The average Bonchev–Trinajstić information content (AvgIpc) is 3.69. The Balaban J connectivity index is 1.17. The predicted molar refractivity (Wildman–Crippen MR) is 163 cm³/mol. The zero-order valence-corrected chi connectivity index (χ0v) is 24.2. The number of morpholine rings is 1. The Hall–Kier alpha value is -3.53.